The Bertz CT molecular complexity index is 1260. The lowest BCUT2D eigenvalue weighted by Crippen LogP contribution is -2.40. The number of rotatable bonds is 8. The van der Waals surface area contributed by atoms with Gasteiger partial charge in [0.2, 0.25) is 5.91 Å². The highest BCUT2D eigenvalue weighted by molar-refractivity contribution is 6.00. The number of hydrogen-bond acceptors (Lipinski definition) is 4. The first-order valence-corrected chi connectivity index (χ1v) is 11.5. The number of ether oxygens (including phenoxy) is 1. The summed E-state index contributed by atoms with van der Waals surface area (Å²) in [5.74, 6) is -2.23. The molecule has 1 amide bonds. The second-order valence-corrected chi connectivity index (χ2v) is 8.79. The van der Waals surface area contributed by atoms with E-state index in [-0.39, 0.29) is 36.4 Å². The standard InChI is InChI=1S/C26H22F7N3O2/c1-35(10-9-18-3-2-4-23(34-18)26(31,32)33)22-14-21(15-11-16(27)13-17(28)12-15)36(24(22)37)19-5-7-20(8-6-19)38-25(29)30/h2-8,11-13,21-22,25H,9-10,14H2,1H3/t21-,22-/m1/s1. The van der Waals surface area contributed by atoms with Crippen molar-refractivity contribution in [3.05, 3.63) is 89.2 Å². The molecule has 0 bridgehead atoms. The number of carbonyl (C=O) groups is 1. The number of amides is 1. The first-order valence-electron chi connectivity index (χ1n) is 11.5. The second kappa shape index (κ2) is 11.0. The van der Waals surface area contributed by atoms with Crippen LogP contribution in [0.15, 0.2) is 60.7 Å². The Labute approximate surface area is 213 Å². The summed E-state index contributed by atoms with van der Waals surface area (Å²) in [6.07, 6.45) is -4.36. The molecule has 0 N–H and O–H groups in total. The van der Waals surface area contributed by atoms with Gasteiger partial charge < -0.3 is 9.64 Å². The summed E-state index contributed by atoms with van der Waals surface area (Å²) in [7, 11) is 1.61. The molecule has 5 nitrogen and oxygen atoms in total. The Morgan fingerprint density at radius 1 is 1.05 bits per heavy atom. The van der Waals surface area contributed by atoms with Crippen LogP contribution in [-0.2, 0) is 17.4 Å². The number of alkyl halides is 5. The summed E-state index contributed by atoms with van der Waals surface area (Å²) in [6.45, 7) is -2.87. The van der Waals surface area contributed by atoms with Crippen LogP contribution in [0.4, 0.5) is 36.4 Å². The Morgan fingerprint density at radius 3 is 2.32 bits per heavy atom. The molecule has 0 spiro atoms. The van der Waals surface area contributed by atoms with Gasteiger partial charge in [0, 0.05) is 30.4 Å². The van der Waals surface area contributed by atoms with E-state index in [0.29, 0.717) is 11.8 Å². The van der Waals surface area contributed by atoms with E-state index < -0.39 is 48.1 Å². The minimum absolute atomic E-state index is 0.114. The lowest BCUT2D eigenvalue weighted by atomic mass is 10.0. The minimum Gasteiger partial charge on any atom is -0.435 e. The van der Waals surface area contributed by atoms with Gasteiger partial charge in [0.1, 0.15) is 23.1 Å². The summed E-state index contributed by atoms with van der Waals surface area (Å²) in [5, 5.41) is 0. The van der Waals surface area contributed by atoms with Gasteiger partial charge in [-0.3, -0.25) is 9.69 Å². The van der Waals surface area contributed by atoms with E-state index in [2.05, 4.69) is 9.72 Å². The number of halogens is 7. The number of pyridine rings is 1. The molecule has 38 heavy (non-hydrogen) atoms. The normalized spacial score (nSPS) is 18.1. The van der Waals surface area contributed by atoms with Gasteiger partial charge in [-0.1, -0.05) is 6.07 Å². The number of anilines is 1. The zero-order valence-corrected chi connectivity index (χ0v) is 19.9. The van der Waals surface area contributed by atoms with Gasteiger partial charge in [-0.2, -0.15) is 22.0 Å². The molecular formula is C26H22F7N3O2. The van der Waals surface area contributed by atoms with Crippen LogP contribution >= 0.6 is 0 Å². The molecule has 3 aromatic rings. The van der Waals surface area contributed by atoms with Crippen molar-refractivity contribution in [2.45, 2.75) is 37.7 Å². The van der Waals surface area contributed by atoms with Crippen LogP contribution in [0.2, 0.25) is 0 Å². The van der Waals surface area contributed by atoms with Crippen LogP contribution in [0, 0.1) is 11.6 Å². The molecule has 0 aliphatic carbocycles. The summed E-state index contributed by atoms with van der Waals surface area (Å²) in [4.78, 5) is 20.1. The molecule has 1 fully saturated rings. The SMILES string of the molecule is CN(CCc1cccc(C(F)(F)F)n1)[C@@H]1C[C@H](c2cc(F)cc(F)c2)N(c2ccc(OC(F)F)cc2)C1=O. The molecule has 1 aliphatic rings. The predicted molar refractivity (Wildman–Crippen MR) is 124 cm³/mol. The monoisotopic (exact) mass is 541 g/mol. The third-order valence-corrected chi connectivity index (χ3v) is 6.24. The maximum atomic E-state index is 14.0. The fourth-order valence-electron chi connectivity index (χ4n) is 4.47. The lowest BCUT2D eigenvalue weighted by molar-refractivity contribution is -0.141. The molecule has 0 saturated carbocycles. The zero-order valence-electron chi connectivity index (χ0n) is 19.9. The molecule has 12 heteroatoms. The van der Waals surface area contributed by atoms with Gasteiger partial charge >= 0.3 is 12.8 Å². The molecule has 4 rings (SSSR count). The number of hydrogen-bond donors (Lipinski definition) is 0. The Morgan fingerprint density at radius 2 is 1.71 bits per heavy atom. The van der Waals surface area contributed by atoms with Crippen molar-refractivity contribution in [3.63, 3.8) is 0 Å². The van der Waals surface area contributed by atoms with E-state index in [1.807, 2.05) is 0 Å². The second-order valence-electron chi connectivity index (χ2n) is 8.79. The fraction of sp³-hybridized carbons (Fsp3) is 0.308. The summed E-state index contributed by atoms with van der Waals surface area (Å²) in [5.41, 5.74) is -0.346. The quantitative estimate of drug-likeness (QED) is 0.328. The number of nitrogens with zero attached hydrogens (tertiary/aromatic N) is 3. The van der Waals surface area contributed by atoms with E-state index in [4.69, 9.17) is 0 Å². The minimum atomic E-state index is -4.59. The van der Waals surface area contributed by atoms with Gasteiger partial charge in [0.15, 0.2) is 0 Å². The third kappa shape index (κ3) is 6.24. The maximum absolute atomic E-state index is 14.0. The number of benzene rings is 2. The molecule has 2 heterocycles. The van der Waals surface area contributed by atoms with Crippen LogP contribution in [0.1, 0.15) is 29.4 Å². The molecule has 0 unspecified atom stereocenters. The number of aromatic nitrogens is 1. The highest BCUT2D eigenvalue weighted by atomic mass is 19.4. The van der Waals surface area contributed by atoms with Crippen LogP contribution in [0.3, 0.4) is 0 Å². The van der Waals surface area contributed by atoms with Crippen molar-refractivity contribution in [2.24, 2.45) is 0 Å². The maximum Gasteiger partial charge on any atom is 0.433 e. The zero-order chi connectivity index (χ0) is 27.6. The largest absolute Gasteiger partial charge is 0.435 e. The van der Waals surface area contributed by atoms with Crippen molar-refractivity contribution in [2.75, 3.05) is 18.5 Å². The van der Waals surface area contributed by atoms with Gasteiger partial charge in [-0.15, -0.1) is 0 Å². The van der Waals surface area contributed by atoms with Gasteiger partial charge in [-0.25, -0.2) is 13.8 Å². The molecule has 0 radical (unpaired) electrons. The van der Waals surface area contributed by atoms with Crippen LogP contribution < -0.4 is 9.64 Å². The van der Waals surface area contributed by atoms with Gasteiger partial charge in [0.05, 0.1) is 12.1 Å². The summed E-state index contributed by atoms with van der Waals surface area (Å²) >= 11 is 0. The predicted octanol–water partition coefficient (Wildman–Crippen LogP) is 6.00. The van der Waals surface area contributed by atoms with Crippen molar-refractivity contribution in [1.29, 1.82) is 0 Å². The molecule has 1 aliphatic heterocycles. The van der Waals surface area contributed by atoms with Gasteiger partial charge in [-0.05, 0) is 67.6 Å². The van der Waals surface area contributed by atoms with Crippen molar-refractivity contribution >= 4 is 11.6 Å². The summed E-state index contributed by atoms with van der Waals surface area (Å²) < 4.78 is 96.5. The average Bonchev–Trinajstić information content (AvgIpc) is 3.19. The summed E-state index contributed by atoms with van der Waals surface area (Å²) in [6, 6.07) is 10.2. The van der Waals surface area contributed by atoms with Crippen LogP contribution in [-0.4, -0.2) is 42.0 Å². The topological polar surface area (TPSA) is 45.7 Å². The van der Waals surface area contributed by atoms with Crippen molar-refractivity contribution in [3.8, 4) is 5.75 Å². The fourth-order valence-corrected chi connectivity index (χ4v) is 4.47. The molecule has 1 saturated heterocycles. The Kier molecular flexibility index (Phi) is 7.91. The molecule has 2 aromatic carbocycles. The third-order valence-electron chi connectivity index (χ3n) is 6.24. The first-order chi connectivity index (χ1) is 17.9. The molecule has 202 valence electrons. The van der Waals surface area contributed by atoms with Crippen LogP contribution in [0.5, 0.6) is 5.75 Å². The molecular weight excluding hydrogens is 519 g/mol. The smallest absolute Gasteiger partial charge is 0.433 e. The Balaban J connectivity index is 1.58. The van der Waals surface area contributed by atoms with Gasteiger partial charge in [0.25, 0.3) is 0 Å². The highest BCUT2D eigenvalue weighted by Crippen LogP contribution is 2.40. The van der Waals surface area contributed by atoms with E-state index in [1.54, 1.807) is 11.9 Å². The van der Waals surface area contributed by atoms with E-state index >= 15 is 0 Å². The van der Waals surface area contributed by atoms with E-state index in [9.17, 15) is 35.5 Å². The van der Waals surface area contributed by atoms with Crippen molar-refractivity contribution < 1.29 is 40.3 Å². The lowest BCUT2D eigenvalue weighted by Gasteiger charge is -2.26. The first kappa shape index (κ1) is 27.4. The molecule has 2 atom stereocenters. The number of carbonyl (C=O) groups excluding carboxylic acids is 1. The van der Waals surface area contributed by atoms with E-state index in [1.165, 1.54) is 41.3 Å². The molecule has 1 aromatic heterocycles. The highest BCUT2D eigenvalue weighted by Gasteiger charge is 2.43. The van der Waals surface area contributed by atoms with Crippen molar-refractivity contribution in [1.82, 2.24) is 9.88 Å². The van der Waals surface area contributed by atoms with E-state index in [0.717, 1.165) is 18.2 Å². The average molecular weight is 541 g/mol. The number of likely N-dealkylation sites (N-methyl/N-ethyl adjacent to an activating group) is 1. The Hall–Kier alpha value is -3.67. The van der Waals surface area contributed by atoms with Crippen LogP contribution in [0.25, 0.3) is 0 Å².